The van der Waals surface area contributed by atoms with Crippen LogP contribution in [0, 0.1) is 12.7 Å². The first-order valence-corrected chi connectivity index (χ1v) is 7.56. The number of halogens is 1. The predicted octanol–water partition coefficient (Wildman–Crippen LogP) is 3.93. The second kappa shape index (κ2) is 7.72. The van der Waals surface area contributed by atoms with Gasteiger partial charge in [-0.05, 0) is 44.4 Å². The zero-order valence-corrected chi connectivity index (χ0v) is 11.7. The summed E-state index contributed by atoms with van der Waals surface area (Å²) < 4.78 is 13.8. The maximum atomic E-state index is 13.8. The van der Waals surface area contributed by atoms with Crippen molar-refractivity contribution in [2.45, 2.75) is 32.7 Å². The SMILES string of the molecule is CCCNC(CCSC)c1cc(C)ccc1F. The lowest BCUT2D eigenvalue weighted by Crippen LogP contribution is -2.23. The van der Waals surface area contributed by atoms with E-state index in [1.165, 1.54) is 0 Å². The topological polar surface area (TPSA) is 12.0 Å². The van der Waals surface area contributed by atoms with E-state index >= 15 is 0 Å². The third-order valence-electron chi connectivity index (χ3n) is 2.78. The number of thioether (sulfide) groups is 1. The number of hydrogen-bond acceptors (Lipinski definition) is 2. The van der Waals surface area contributed by atoms with Crippen LogP contribution in [0.25, 0.3) is 0 Å². The number of rotatable bonds is 7. The van der Waals surface area contributed by atoms with Crippen LogP contribution in [0.15, 0.2) is 18.2 Å². The summed E-state index contributed by atoms with van der Waals surface area (Å²) in [6.45, 7) is 5.08. The van der Waals surface area contributed by atoms with Gasteiger partial charge in [0.15, 0.2) is 0 Å². The Morgan fingerprint density at radius 2 is 2.18 bits per heavy atom. The minimum absolute atomic E-state index is 0.0923. The highest BCUT2D eigenvalue weighted by Gasteiger charge is 2.14. The first-order valence-electron chi connectivity index (χ1n) is 6.17. The first-order chi connectivity index (χ1) is 8.19. The van der Waals surface area contributed by atoms with E-state index < -0.39 is 0 Å². The predicted molar refractivity (Wildman–Crippen MR) is 75.2 cm³/mol. The van der Waals surface area contributed by atoms with Crippen LogP contribution in [0.5, 0.6) is 0 Å². The highest BCUT2D eigenvalue weighted by molar-refractivity contribution is 7.98. The van der Waals surface area contributed by atoms with Crippen molar-refractivity contribution in [3.05, 3.63) is 35.1 Å². The minimum Gasteiger partial charge on any atom is -0.310 e. The Bertz CT molecular complexity index is 333. The largest absolute Gasteiger partial charge is 0.310 e. The van der Waals surface area contributed by atoms with Gasteiger partial charge in [0, 0.05) is 11.6 Å². The molecule has 0 aliphatic rings. The summed E-state index contributed by atoms with van der Waals surface area (Å²) in [5.41, 5.74) is 1.93. The van der Waals surface area contributed by atoms with Crippen LogP contribution in [0.2, 0.25) is 0 Å². The van der Waals surface area contributed by atoms with Crippen molar-refractivity contribution in [3.63, 3.8) is 0 Å². The fourth-order valence-corrected chi connectivity index (χ4v) is 2.32. The van der Waals surface area contributed by atoms with Crippen LogP contribution in [-0.4, -0.2) is 18.6 Å². The van der Waals surface area contributed by atoms with Crippen molar-refractivity contribution in [2.75, 3.05) is 18.6 Å². The Balaban J connectivity index is 2.82. The molecular weight excluding hydrogens is 233 g/mol. The highest BCUT2D eigenvalue weighted by atomic mass is 32.2. The Morgan fingerprint density at radius 3 is 2.82 bits per heavy atom. The summed E-state index contributed by atoms with van der Waals surface area (Å²) in [4.78, 5) is 0. The summed E-state index contributed by atoms with van der Waals surface area (Å²) in [5, 5.41) is 3.44. The number of hydrogen-bond donors (Lipinski definition) is 1. The van der Waals surface area contributed by atoms with Crippen LogP contribution in [0.1, 0.15) is 36.9 Å². The van der Waals surface area contributed by atoms with Crippen molar-refractivity contribution in [1.82, 2.24) is 5.32 Å². The van der Waals surface area contributed by atoms with Gasteiger partial charge in [-0.1, -0.05) is 24.6 Å². The molecule has 1 N–H and O–H groups in total. The molecule has 1 rings (SSSR count). The fourth-order valence-electron chi connectivity index (χ4n) is 1.85. The smallest absolute Gasteiger partial charge is 0.127 e. The summed E-state index contributed by atoms with van der Waals surface area (Å²) in [6.07, 6.45) is 4.13. The Labute approximate surface area is 108 Å². The van der Waals surface area contributed by atoms with Crippen molar-refractivity contribution in [2.24, 2.45) is 0 Å². The highest BCUT2D eigenvalue weighted by Crippen LogP contribution is 2.22. The van der Waals surface area contributed by atoms with Gasteiger partial charge in [0.1, 0.15) is 5.82 Å². The van der Waals surface area contributed by atoms with Gasteiger partial charge in [0.2, 0.25) is 0 Å². The standard InChI is InChI=1S/C14H22FNS/c1-4-8-16-14(7-9-17-3)12-10-11(2)5-6-13(12)15/h5-6,10,14,16H,4,7-9H2,1-3H3. The summed E-state index contributed by atoms with van der Waals surface area (Å²) in [6, 6.07) is 5.50. The molecule has 1 atom stereocenters. The van der Waals surface area contributed by atoms with Crippen LogP contribution in [0.4, 0.5) is 4.39 Å². The van der Waals surface area contributed by atoms with E-state index in [2.05, 4.69) is 18.5 Å². The lowest BCUT2D eigenvalue weighted by Gasteiger charge is -2.19. The van der Waals surface area contributed by atoms with E-state index in [1.54, 1.807) is 17.8 Å². The van der Waals surface area contributed by atoms with E-state index in [9.17, 15) is 4.39 Å². The molecule has 0 aromatic heterocycles. The quantitative estimate of drug-likeness (QED) is 0.792. The van der Waals surface area contributed by atoms with E-state index in [-0.39, 0.29) is 11.9 Å². The molecule has 1 nitrogen and oxygen atoms in total. The third-order valence-corrected chi connectivity index (χ3v) is 3.42. The van der Waals surface area contributed by atoms with Gasteiger partial charge in [-0.3, -0.25) is 0 Å². The lowest BCUT2D eigenvalue weighted by molar-refractivity contribution is 0.490. The third kappa shape index (κ3) is 4.68. The molecule has 0 saturated heterocycles. The summed E-state index contributed by atoms with van der Waals surface area (Å²) in [7, 11) is 0. The fraction of sp³-hybridized carbons (Fsp3) is 0.571. The van der Waals surface area contributed by atoms with Gasteiger partial charge in [0.25, 0.3) is 0 Å². The average Bonchev–Trinajstić information content (AvgIpc) is 2.33. The molecule has 0 aliphatic carbocycles. The average molecular weight is 255 g/mol. The molecule has 0 radical (unpaired) electrons. The molecule has 1 aromatic rings. The molecule has 0 saturated carbocycles. The van der Waals surface area contributed by atoms with Crippen molar-refractivity contribution >= 4 is 11.8 Å². The van der Waals surface area contributed by atoms with Gasteiger partial charge >= 0.3 is 0 Å². The maximum absolute atomic E-state index is 13.8. The summed E-state index contributed by atoms with van der Waals surface area (Å²) >= 11 is 1.81. The molecule has 3 heteroatoms. The summed E-state index contributed by atoms with van der Waals surface area (Å²) in [5.74, 6) is 0.958. The minimum atomic E-state index is -0.0923. The molecule has 1 unspecified atom stereocenters. The van der Waals surface area contributed by atoms with E-state index in [4.69, 9.17) is 0 Å². The van der Waals surface area contributed by atoms with Crippen LogP contribution in [-0.2, 0) is 0 Å². The van der Waals surface area contributed by atoms with Crippen LogP contribution >= 0.6 is 11.8 Å². The molecule has 0 fully saturated rings. The lowest BCUT2D eigenvalue weighted by atomic mass is 10.0. The molecule has 0 bridgehead atoms. The number of aryl methyl sites for hydroxylation is 1. The zero-order chi connectivity index (χ0) is 12.7. The molecule has 0 heterocycles. The van der Waals surface area contributed by atoms with Gasteiger partial charge in [-0.25, -0.2) is 4.39 Å². The molecule has 96 valence electrons. The molecule has 17 heavy (non-hydrogen) atoms. The number of benzene rings is 1. The molecular formula is C14H22FNS. The molecule has 0 aliphatic heterocycles. The van der Waals surface area contributed by atoms with Crippen molar-refractivity contribution in [3.8, 4) is 0 Å². The number of nitrogens with one attached hydrogen (secondary N) is 1. The zero-order valence-electron chi connectivity index (χ0n) is 10.9. The monoisotopic (exact) mass is 255 g/mol. The Morgan fingerprint density at radius 1 is 1.41 bits per heavy atom. The molecule has 0 amide bonds. The maximum Gasteiger partial charge on any atom is 0.127 e. The van der Waals surface area contributed by atoms with Crippen molar-refractivity contribution in [1.29, 1.82) is 0 Å². The van der Waals surface area contributed by atoms with Crippen LogP contribution < -0.4 is 5.32 Å². The second-order valence-electron chi connectivity index (χ2n) is 4.31. The van der Waals surface area contributed by atoms with Gasteiger partial charge in [-0.2, -0.15) is 11.8 Å². The van der Waals surface area contributed by atoms with Crippen LogP contribution in [0.3, 0.4) is 0 Å². The van der Waals surface area contributed by atoms with Gasteiger partial charge < -0.3 is 5.32 Å². The van der Waals surface area contributed by atoms with E-state index in [0.717, 1.165) is 36.3 Å². The second-order valence-corrected chi connectivity index (χ2v) is 5.30. The van der Waals surface area contributed by atoms with Crippen molar-refractivity contribution < 1.29 is 4.39 Å². The first kappa shape index (κ1) is 14.5. The van der Waals surface area contributed by atoms with Gasteiger partial charge in [-0.15, -0.1) is 0 Å². The Kier molecular flexibility index (Phi) is 6.60. The van der Waals surface area contributed by atoms with E-state index in [0.29, 0.717) is 0 Å². The molecule has 1 aromatic carbocycles. The van der Waals surface area contributed by atoms with E-state index in [1.807, 2.05) is 19.1 Å². The van der Waals surface area contributed by atoms with Gasteiger partial charge in [0.05, 0.1) is 0 Å². The Hall–Kier alpha value is -0.540. The molecule has 0 spiro atoms. The normalized spacial score (nSPS) is 12.7.